The van der Waals surface area contributed by atoms with Gasteiger partial charge in [-0.1, -0.05) is 23.2 Å². The highest BCUT2D eigenvalue weighted by Gasteiger charge is 2.09. The number of halogens is 2. The lowest BCUT2D eigenvalue weighted by atomic mass is 10.2. The van der Waals surface area contributed by atoms with Crippen LogP contribution >= 0.6 is 35.0 Å². The van der Waals surface area contributed by atoms with Crippen molar-refractivity contribution in [1.82, 2.24) is 0 Å². The number of hydrogen-bond acceptors (Lipinski definition) is 4. The third-order valence-electron chi connectivity index (χ3n) is 3.36. The van der Waals surface area contributed by atoms with Crippen LogP contribution in [0.5, 0.6) is 5.75 Å². The van der Waals surface area contributed by atoms with Crippen molar-refractivity contribution in [2.24, 2.45) is 0 Å². The molecule has 0 aromatic heterocycles. The summed E-state index contributed by atoms with van der Waals surface area (Å²) in [4.78, 5) is 23.9. The molecule has 2 amide bonds. The zero-order valence-electron chi connectivity index (χ0n) is 14.3. The molecule has 0 saturated carbocycles. The van der Waals surface area contributed by atoms with Gasteiger partial charge in [0.15, 0.2) is 0 Å². The summed E-state index contributed by atoms with van der Waals surface area (Å²) in [7, 11) is 1.52. The fourth-order valence-electron chi connectivity index (χ4n) is 2.13. The molecular formula is C18H18Cl2N2O3S. The predicted molar refractivity (Wildman–Crippen MR) is 109 cm³/mol. The van der Waals surface area contributed by atoms with Gasteiger partial charge in [0.05, 0.1) is 23.6 Å². The SMILES string of the molecule is COc1ccc(NC(=O)CSCC(=O)Nc2ccc(Cl)cc2C)cc1Cl. The molecule has 0 bridgehead atoms. The molecule has 5 nitrogen and oxygen atoms in total. The number of anilines is 2. The number of hydrogen-bond donors (Lipinski definition) is 2. The van der Waals surface area contributed by atoms with Crippen molar-refractivity contribution in [3.63, 3.8) is 0 Å². The Morgan fingerprint density at radius 1 is 1.04 bits per heavy atom. The van der Waals surface area contributed by atoms with E-state index in [0.717, 1.165) is 5.56 Å². The highest BCUT2D eigenvalue weighted by atomic mass is 35.5. The van der Waals surface area contributed by atoms with Crippen LogP contribution in [0.15, 0.2) is 36.4 Å². The molecule has 2 rings (SSSR count). The quantitative estimate of drug-likeness (QED) is 0.695. The molecular weight excluding hydrogens is 395 g/mol. The number of carbonyl (C=O) groups is 2. The van der Waals surface area contributed by atoms with Crippen LogP contribution in [0.25, 0.3) is 0 Å². The van der Waals surface area contributed by atoms with Gasteiger partial charge in [0.25, 0.3) is 0 Å². The van der Waals surface area contributed by atoms with Crippen LogP contribution in [0.3, 0.4) is 0 Å². The molecule has 0 unspecified atom stereocenters. The fourth-order valence-corrected chi connectivity index (χ4v) is 3.23. The monoisotopic (exact) mass is 412 g/mol. The molecule has 0 radical (unpaired) electrons. The Morgan fingerprint density at radius 3 is 2.35 bits per heavy atom. The number of ether oxygens (including phenoxy) is 1. The van der Waals surface area contributed by atoms with Crippen molar-refractivity contribution in [2.45, 2.75) is 6.92 Å². The number of benzene rings is 2. The second-order valence-corrected chi connectivity index (χ2v) is 7.23. The van der Waals surface area contributed by atoms with Crippen molar-refractivity contribution in [2.75, 3.05) is 29.2 Å². The molecule has 0 atom stereocenters. The Hall–Kier alpha value is -1.89. The summed E-state index contributed by atoms with van der Waals surface area (Å²) in [6.45, 7) is 1.86. The summed E-state index contributed by atoms with van der Waals surface area (Å²) in [5.74, 6) is 0.454. The standard InChI is InChI=1S/C18H18Cl2N2O3S/c1-11-7-12(19)3-5-15(11)22-18(24)10-26-9-17(23)21-13-4-6-16(25-2)14(20)8-13/h3-8H,9-10H2,1-2H3,(H,21,23)(H,22,24). The third kappa shape index (κ3) is 6.12. The summed E-state index contributed by atoms with van der Waals surface area (Å²) in [5, 5.41) is 6.55. The van der Waals surface area contributed by atoms with Gasteiger partial charge in [0.1, 0.15) is 5.75 Å². The molecule has 2 aromatic rings. The molecule has 0 heterocycles. The number of rotatable bonds is 7. The molecule has 0 saturated heterocycles. The van der Waals surface area contributed by atoms with Crippen LogP contribution in [-0.4, -0.2) is 30.4 Å². The Kier molecular flexibility index (Phi) is 7.63. The van der Waals surface area contributed by atoms with Crippen LogP contribution in [0, 0.1) is 6.92 Å². The molecule has 0 aliphatic carbocycles. The topological polar surface area (TPSA) is 67.4 Å². The summed E-state index contributed by atoms with van der Waals surface area (Å²) >= 11 is 13.1. The lowest BCUT2D eigenvalue weighted by Crippen LogP contribution is -2.18. The largest absolute Gasteiger partial charge is 0.495 e. The number of amides is 2. The molecule has 0 aliphatic heterocycles. The van der Waals surface area contributed by atoms with Gasteiger partial charge in [-0.15, -0.1) is 11.8 Å². The molecule has 8 heteroatoms. The van der Waals surface area contributed by atoms with E-state index in [-0.39, 0.29) is 23.3 Å². The van der Waals surface area contributed by atoms with E-state index in [4.69, 9.17) is 27.9 Å². The van der Waals surface area contributed by atoms with Crippen molar-refractivity contribution in [1.29, 1.82) is 0 Å². The first-order chi connectivity index (χ1) is 12.4. The Bertz CT molecular complexity index is 815. The van der Waals surface area contributed by atoms with E-state index in [2.05, 4.69) is 10.6 Å². The zero-order valence-corrected chi connectivity index (χ0v) is 16.6. The average Bonchev–Trinajstić information content (AvgIpc) is 2.57. The second kappa shape index (κ2) is 9.71. The fraction of sp³-hybridized carbons (Fsp3) is 0.222. The molecule has 0 fully saturated rings. The number of nitrogens with one attached hydrogen (secondary N) is 2. The lowest BCUT2D eigenvalue weighted by molar-refractivity contribution is -0.114. The van der Waals surface area contributed by atoms with E-state index < -0.39 is 0 Å². The van der Waals surface area contributed by atoms with Crippen molar-refractivity contribution < 1.29 is 14.3 Å². The molecule has 2 aromatic carbocycles. The summed E-state index contributed by atoms with van der Waals surface area (Å²) in [5.41, 5.74) is 2.16. The third-order valence-corrected chi connectivity index (χ3v) is 4.83. The van der Waals surface area contributed by atoms with Gasteiger partial charge in [0.2, 0.25) is 11.8 Å². The van der Waals surface area contributed by atoms with Crippen LogP contribution < -0.4 is 15.4 Å². The smallest absolute Gasteiger partial charge is 0.234 e. The minimum Gasteiger partial charge on any atom is -0.495 e. The Morgan fingerprint density at radius 2 is 1.73 bits per heavy atom. The summed E-state index contributed by atoms with van der Waals surface area (Å²) in [6, 6.07) is 10.2. The lowest BCUT2D eigenvalue weighted by Gasteiger charge is -2.09. The Balaban J connectivity index is 1.77. The maximum Gasteiger partial charge on any atom is 0.234 e. The van der Waals surface area contributed by atoms with E-state index >= 15 is 0 Å². The van der Waals surface area contributed by atoms with Crippen LogP contribution in [-0.2, 0) is 9.59 Å². The molecule has 0 aliphatic rings. The van der Waals surface area contributed by atoms with Gasteiger partial charge in [0, 0.05) is 16.4 Å². The van der Waals surface area contributed by atoms with Crippen molar-refractivity contribution in [3.8, 4) is 5.75 Å². The predicted octanol–water partition coefficient (Wildman–Crippen LogP) is 4.62. The van der Waals surface area contributed by atoms with Gasteiger partial charge in [-0.2, -0.15) is 0 Å². The summed E-state index contributed by atoms with van der Waals surface area (Å²) in [6.07, 6.45) is 0. The van der Waals surface area contributed by atoms with Gasteiger partial charge in [-0.05, 0) is 48.9 Å². The molecule has 138 valence electrons. The van der Waals surface area contributed by atoms with Gasteiger partial charge in [-0.25, -0.2) is 0 Å². The molecule has 26 heavy (non-hydrogen) atoms. The van der Waals surface area contributed by atoms with Crippen LogP contribution in [0.1, 0.15) is 5.56 Å². The van der Waals surface area contributed by atoms with Crippen molar-refractivity contribution >= 4 is 58.2 Å². The maximum atomic E-state index is 12.0. The number of methoxy groups -OCH3 is 1. The number of thioether (sulfide) groups is 1. The van der Waals surface area contributed by atoms with Gasteiger partial charge >= 0.3 is 0 Å². The maximum absolute atomic E-state index is 12.0. The Labute approximate surface area is 166 Å². The van der Waals surface area contributed by atoms with Crippen LogP contribution in [0.4, 0.5) is 11.4 Å². The zero-order chi connectivity index (χ0) is 19.1. The first-order valence-electron chi connectivity index (χ1n) is 7.66. The normalized spacial score (nSPS) is 10.3. The van der Waals surface area contributed by atoms with E-state index in [1.807, 2.05) is 6.92 Å². The van der Waals surface area contributed by atoms with Gasteiger partial charge in [-0.3, -0.25) is 9.59 Å². The summed E-state index contributed by atoms with van der Waals surface area (Å²) < 4.78 is 5.06. The minimum absolute atomic E-state index is 0.149. The second-order valence-electron chi connectivity index (χ2n) is 5.40. The van der Waals surface area contributed by atoms with E-state index in [9.17, 15) is 9.59 Å². The first kappa shape index (κ1) is 20.4. The number of aryl methyl sites for hydroxylation is 1. The molecule has 0 spiro atoms. The van der Waals surface area contributed by atoms with E-state index in [0.29, 0.717) is 27.2 Å². The van der Waals surface area contributed by atoms with Gasteiger partial charge < -0.3 is 15.4 Å². The van der Waals surface area contributed by atoms with E-state index in [1.54, 1.807) is 36.4 Å². The average molecular weight is 413 g/mol. The highest BCUT2D eigenvalue weighted by Crippen LogP contribution is 2.27. The van der Waals surface area contributed by atoms with Crippen molar-refractivity contribution in [3.05, 3.63) is 52.0 Å². The molecule has 2 N–H and O–H groups in total. The highest BCUT2D eigenvalue weighted by molar-refractivity contribution is 8.00. The first-order valence-corrected chi connectivity index (χ1v) is 9.57. The minimum atomic E-state index is -0.216. The van der Waals surface area contributed by atoms with E-state index in [1.165, 1.54) is 18.9 Å². The van der Waals surface area contributed by atoms with Crippen LogP contribution in [0.2, 0.25) is 10.0 Å². The number of carbonyl (C=O) groups excluding carboxylic acids is 2.